The SMILES string of the molecule is Cc1cn2cc(NC(=O)c3cnc(N4CCC(CNC(=O)OC(C)(C)C)C4)cn3)cc(F)c2n1. The third kappa shape index (κ3) is 5.59. The highest BCUT2D eigenvalue weighted by atomic mass is 19.1. The van der Waals surface area contributed by atoms with Gasteiger partial charge in [0, 0.05) is 38.1 Å². The summed E-state index contributed by atoms with van der Waals surface area (Å²) in [5.41, 5.74) is 0.750. The molecule has 1 aliphatic heterocycles. The van der Waals surface area contributed by atoms with Crippen LogP contribution in [-0.2, 0) is 4.74 Å². The maximum atomic E-state index is 14.2. The molecule has 10 nitrogen and oxygen atoms in total. The number of aryl methyl sites for hydroxylation is 1. The van der Waals surface area contributed by atoms with E-state index < -0.39 is 23.4 Å². The fraction of sp³-hybridized carbons (Fsp3) is 0.435. The number of halogens is 1. The van der Waals surface area contributed by atoms with E-state index in [2.05, 4.69) is 30.5 Å². The number of aromatic nitrogens is 4. The molecule has 11 heteroatoms. The van der Waals surface area contributed by atoms with Crippen LogP contribution in [0.5, 0.6) is 0 Å². The number of alkyl carbamates (subject to hydrolysis) is 1. The molecule has 2 N–H and O–H groups in total. The Morgan fingerprint density at radius 3 is 2.74 bits per heavy atom. The minimum atomic E-state index is -0.533. The summed E-state index contributed by atoms with van der Waals surface area (Å²) in [6.07, 6.45) is 6.67. The van der Waals surface area contributed by atoms with Crippen molar-refractivity contribution in [3.8, 4) is 0 Å². The largest absolute Gasteiger partial charge is 0.444 e. The Labute approximate surface area is 196 Å². The summed E-state index contributed by atoms with van der Waals surface area (Å²) < 4.78 is 21.0. The number of imidazole rings is 1. The summed E-state index contributed by atoms with van der Waals surface area (Å²) >= 11 is 0. The molecule has 0 spiro atoms. The van der Waals surface area contributed by atoms with Gasteiger partial charge in [-0.25, -0.2) is 24.1 Å². The number of ether oxygens (including phenoxy) is 1. The van der Waals surface area contributed by atoms with Crippen molar-refractivity contribution >= 4 is 29.2 Å². The van der Waals surface area contributed by atoms with Gasteiger partial charge in [0.2, 0.25) is 0 Å². The van der Waals surface area contributed by atoms with E-state index in [1.807, 2.05) is 20.8 Å². The zero-order valence-electron chi connectivity index (χ0n) is 19.6. The molecule has 4 rings (SSSR count). The summed E-state index contributed by atoms with van der Waals surface area (Å²) in [7, 11) is 0. The van der Waals surface area contributed by atoms with E-state index in [-0.39, 0.29) is 22.9 Å². The zero-order valence-corrected chi connectivity index (χ0v) is 19.6. The van der Waals surface area contributed by atoms with Crippen LogP contribution < -0.4 is 15.5 Å². The highest BCUT2D eigenvalue weighted by Crippen LogP contribution is 2.22. The van der Waals surface area contributed by atoms with E-state index in [4.69, 9.17) is 4.74 Å². The predicted molar refractivity (Wildman–Crippen MR) is 124 cm³/mol. The van der Waals surface area contributed by atoms with Crippen LogP contribution in [0.15, 0.2) is 30.9 Å². The normalized spacial score (nSPS) is 16.0. The first-order chi connectivity index (χ1) is 16.1. The number of nitrogens with zero attached hydrogens (tertiary/aromatic N) is 5. The van der Waals surface area contributed by atoms with Crippen molar-refractivity contribution in [1.82, 2.24) is 24.7 Å². The lowest BCUT2D eigenvalue weighted by Crippen LogP contribution is -2.36. The predicted octanol–water partition coefficient (Wildman–Crippen LogP) is 3.18. The third-order valence-corrected chi connectivity index (χ3v) is 5.30. The molecule has 3 aromatic rings. The molecule has 0 aromatic carbocycles. The number of rotatable bonds is 5. The van der Waals surface area contributed by atoms with E-state index in [9.17, 15) is 14.0 Å². The minimum Gasteiger partial charge on any atom is -0.444 e. The maximum absolute atomic E-state index is 14.2. The number of pyridine rings is 1. The molecule has 0 aliphatic carbocycles. The number of carbonyl (C=O) groups is 2. The van der Waals surface area contributed by atoms with Crippen molar-refractivity contribution in [2.45, 2.75) is 39.7 Å². The van der Waals surface area contributed by atoms with Gasteiger partial charge in [0.25, 0.3) is 5.91 Å². The Balaban J connectivity index is 1.32. The van der Waals surface area contributed by atoms with Gasteiger partial charge in [0.05, 0.1) is 23.8 Å². The second-order valence-electron chi connectivity index (χ2n) is 9.39. The summed E-state index contributed by atoms with van der Waals surface area (Å²) in [6.45, 7) is 9.22. The van der Waals surface area contributed by atoms with Crippen molar-refractivity contribution in [1.29, 1.82) is 0 Å². The molecule has 2 amide bonds. The Hall–Kier alpha value is -3.76. The molecule has 1 fully saturated rings. The van der Waals surface area contributed by atoms with Gasteiger partial charge in [-0.2, -0.15) is 0 Å². The zero-order chi connectivity index (χ0) is 24.5. The molecule has 34 heavy (non-hydrogen) atoms. The van der Waals surface area contributed by atoms with Gasteiger partial charge < -0.3 is 24.7 Å². The molecule has 1 aliphatic rings. The molecule has 4 heterocycles. The number of amides is 2. The lowest BCUT2D eigenvalue weighted by atomic mass is 10.1. The molecule has 0 saturated carbocycles. The van der Waals surface area contributed by atoms with Crippen molar-refractivity contribution in [2.75, 3.05) is 29.9 Å². The topological polar surface area (TPSA) is 114 Å². The van der Waals surface area contributed by atoms with Crippen LogP contribution >= 0.6 is 0 Å². The van der Waals surface area contributed by atoms with Crippen LogP contribution in [0.2, 0.25) is 0 Å². The first-order valence-electron chi connectivity index (χ1n) is 11.1. The fourth-order valence-electron chi connectivity index (χ4n) is 3.79. The number of fused-ring (bicyclic) bond motifs is 1. The Bertz CT molecular complexity index is 1200. The summed E-state index contributed by atoms with van der Waals surface area (Å²) in [5.74, 6) is -0.112. The molecule has 0 radical (unpaired) electrons. The molecule has 1 atom stereocenters. The number of hydrogen-bond acceptors (Lipinski definition) is 7. The Morgan fingerprint density at radius 1 is 1.24 bits per heavy atom. The van der Waals surface area contributed by atoms with Crippen LogP contribution in [-0.4, -0.2) is 56.6 Å². The first-order valence-corrected chi connectivity index (χ1v) is 11.1. The van der Waals surface area contributed by atoms with Crippen LogP contribution in [0, 0.1) is 18.7 Å². The lowest BCUT2D eigenvalue weighted by molar-refractivity contribution is 0.0520. The summed E-state index contributed by atoms with van der Waals surface area (Å²) in [6, 6.07) is 1.22. The lowest BCUT2D eigenvalue weighted by Gasteiger charge is -2.21. The Morgan fingerprint density at radius 2 is 2.03 bits per heavy atom. The van der Waals surface area contributed by atoms with Crippen LogP contribution in [0.3, 0.4) is 0 Å². The van der Waals surface area contributed by atoms with Crippen molar-refractivity contribution in [3.05, 3.63) is 48.1 Å². The van der Waals surface area contributed by atoms with Crippen LogP contribution in [0.25, 0.3) is 5.65 Å². The van der Waals surface area contributed by atoms with E-state index in [1.54, 1.807) is 25.5 Å². The first kappa shape index (κ1) is 23.4. The monoisotopic (exact) mass is 469 g/mol. The average molecular weight is 470 g/mol. The third-order valence-electron chi connectivity index (χ3n) is 5.30. The quantitative estimate of drug-likeness (QED) is 0.590. The van der Waals surface area contributed by atoms with Gasteiger partial charge in [0.15, 0.2) is 11.5 Å². The van der Waals surface area contributed by atoms with E-state index >= 15 is 0 Å². The standard InChI is InChI=1S/C23H28FN7O3/c1-14-11-31-13-16(7-17(24)20(31)28-14)29-21(32)18-9-26-19(10-25-18)30-6-5-15(12-30)8-27-22(33)34-23(2,3)4/h7,9-11,13,15H,5-6,8,12H2,1-4H3,(H,27,33)(H,29,32). The van der Waals surface area contributed by atoms with Crippen molar-refractivity contribution in [2.24, 2.45) is 5.92 Å². The highest BCUT2D eigenvalue weighted by Gasteiger charge is 2.25. The second kappa shape index (κ2) is 9.24. The van der Waals surface area contributed by atoms with Gasteiger partial charge in [-0.3, -0.25) is 4.79 Å². The van der Waals surface area contributed by atoms with Crippen molar-refractivity contribution < 1.29 is 18.7 Å². The number of carbonyl (C=O) groups excluding carboxylic acids is 2. The summed E-state index contributed by atoms with van der Waals surface area (Å²) in [4.78, 5) is 39.2. The molecule has 1 unspecified atom stereocenters. The minimum absolute atomic E-state index is 0.119. The fourth-order valence-corrected chi connectivity index (χ4v) is 3.79. The molecule has 1 saturated heterocycles. The van der Waals surface area contributed by atoms with Crippen LogP contribution in [0.1, 0.15) is 43.4 Å². The average Bonchev–Trinajstić information content (AvgIpc) is 3.37. The van der Waals surface area contributed by atoms with E-state index in [1.165, 1.54) is 16.7 Å². The van der Waals surface area contributed by atoms with Gasteiger partial charge in [0.1, 0.15) is 17.1 Å². The van der Waals surface area contributed by atoms with Gasteiger partial charge in [-0.15, -0.1) is 0 Å². The number of anilines is 2. The molecule has 0 bridgehead atoms. The second-order valence-corrected chi connectivity index (χ2v) is 9.39. The molecule has 180 valence electrons. The summed E-state index contributed by atoms with van der Waals surface area (Å²) in [5, 5.41) is 5.45. The van der Waals surface area contributed by atoms with Gasteiger partial charge in [-0.1, -0.05) is 0 Å². The maximum Gasteiger partial charge on any atom is 0.407 e. The highest BCUT2D eigenvalue weighted by molar-refractivity contribution is 6.02. The van der Waals surface area contributed by atoms with Gasteiger partial charge >= 0.3 is 6.09 Å². The van der Waals surface area contributed by atoms with E-state index in [0.717, 1.165) is 13.0 Å². The molecular weight excluding hydrogens is 441 g/mol. The van der Waals surface area contributed by atoms with Crippen molar-refractivity contribution in [3.63, 3.8) is 0 Å². The van der Waals surface area contributed by atoms with E-state index in [0.29, 0.717) is 24.6 Å². The molecular formula is C23H28FN7O3. The molecule has 3 aromatic heterocycles. The Kier molecular flexibility index (Phi) is 6.36. The van der Waals surface area contributed by atoms with Crippen LogP contribution in [0.4, 0.5) is 20.7 Å². The number of nitrogens with one attached hydrogen (secondary N) is 2. The smallest absolute Gasteiger partial charge is 0.407 e. The number of hydrogen-bond donors (Lipinski definition) is 2. The van der Waals surface area contributed by atoms with Gasteiger partial charge in [-0.05, 0) is 40.0 Å².